The van der Waals surface area contributed by atoms with Gasteiger partial charge in [-0.2, -0.15) is 0 Å². The second-order valence-corrected chi connectivity index (χ2v) is 20.9. The maximum absolute atomic E-state index is 6.07. The molecule has 0 aromatic carbocycles. The molecule has 0 aromatic heterocycles. The molecule has 0 rings (SSSR count). The molecule has 0 radical (unpaired) electrons. The Kier molecular flexibility index (Phi) is 16.8. The summed E-state index contributed by atoms with van der Waals surface area (Å²) in [6, 6.07) is 0. The second kappa shape index (κ2) is 16.8. The molecule has 7 nitrogen and oxygen atoms in total. The summed E-state index contributed by atoms with van der Waals surface area (Å²) in [7, 11) is -3.35. The van der Waals surface area contributed by atoms with Crippen LogP contribution in [0.3, 0.4) is 0 Å². The average molecular weight is 511 g/mol. The minimum Gasteiger partial charge on any atom is -0.414 e. The van der Waals surface area contributed by atoms with Crippen LogP contribution >= 0.6 is 0 Å². The van der Waals surface area contributed by atoms with Crippen molar-refractivity contribution in [3.8, 4) is 0 Å². The molecule has 0 aliphatic carbocycles. The van der Waals surface area contributed by atoms with Gasteiger partial charge in [0, 0.05) is 0 Å². The molecule has 0 bridgehead atoms. The summed E-state index contributed by atoms with van der Waals surface area (Å²) >= 11 is 0. The van der Waals surface area contributed by atoms with Crippen molar-refractivity contribution >= 4 is 16.6 Å². The van der Waals surface area contributed by atoms with Crippen LogP contribution in [0.2, 0.25) is 36.3 Å². The lowest BCUT2D eigenvalue weighted by molar-refractivity contribution is -0.0146. The first kappa shape index (κ1) is 33.2. The Balaban J connectivity index is 3.32. The zero-order valence-electron chi connectivity index (χ0n) is 23.3. The van der Waals surface area contributed by atoms with E-state index >= 15 is 0 Å². The van der Waals surface area contributed by atoms with Crippen molar-refractivity contribution in [1.82, 2.24) is 0 Å². The van der Waals surface area contributed by atoms with Crippen molar-refractivity contribution < 1.29 is 32.5 Å². The highest BCUT2D eigenvalue weighted by atomic mass is 28.4. The van der Waals surface area contributed by atoms with Gasteiger partial charge in [-0.3, -0.25) is 0 Å². The molecular weight excluding hydrogens is 456 g/mol. The van der Waals surface area contributed by atoms with E-state index in [1.54, 1.807) is 0 Å². The molecule has 0 atom stereocenters. The highest BCUT2D eigenvalue weighted by molar-refractivity contribution is 6.74. The maximum Gasteiger partial charge on any atom is 0.192 e. The first-order chi connectivity index (χ1) is 15.2. The van der Waals surface area contributed by atoms with Gasteiger partial charge < -0.3 is 32.5 Å². The van der Waals surface area contributed by atoms with E-state index in [1.165, 1.54) is 0 Å². The van der Waals surface area contributed by atoms with Gasteiger partial charge in [-0.15, -0.1) is 0 Å². The second-order valence-electron chi connectivity index (χ2n) is 11.3. The van der Waals surface area contributed by atoms with Gasteiger partial charge in [-0.25, -0.2) is 0 Å². The maximum atomic E-state index is 6.07. The summed E-state index contributed by atoms with van der Waals surface area (Å²) < 4.78 is 39.8. The Hall–Kier alpha value is 0.154. The fourth-order valence-corrected chi connectivity index (χ4v) is 4.18. The van der Waals surface area contributed by atoms with Gasteiger partial charge >= 0.3 is 0 Å². The molecule has 200 valence electrons. The van der Waals surface area contributed by atoms with Crippen molar-refractivity contribution in [1.29, 1.82) is 0 Å². The van der Waals surface area contributed by atoms with Gasteiger partial charge in [0.15, 0.2) is 16.6 Å². The Morgan fingerprint density at radius 3 is 0.727 bits per heavy atom. The van der Waals surface area contributed by atoms with E-state index in [0.29, 0.717) is 79.3 Å². The highest BCUT2D eigenvalue weighted by Gasteiger charge is 2.37. The zero-order chi connectivity index (χ0) is 25.4. The molecule has 0 aliphatic heterocycles. The lowest BCUT2D eigenvalue weighted by Crippen LogP contribution is -2.41. The van der Waals surface area contributed by atoms with E-state index in [4.69, 9.17) is 32.5 Å². The topological polar surface area (TPSA) is 64.6 Å². The van der Waals surface area contributed by atoms with Crippen LogP contribution in [-0.2, 0) is 32.5 Å². The molecule has 0 heterocycles. The highest BCUT2D eigenvalue weighted by Crippen LogP contribution is 2.37. The fraction of sp³-hybridized carbons (Fsp3) is 1.00. The van der Waals surface area contributed by atoms with E-state index in [-0.39, 0.29) is 10.1 Å². The van der Waals surface area contributed by atoms with Gasteiger partial charge in [0.2, 0.25) is 0 Å². The van der Waals surface area contributed by atoms with Crippen LogP contribution in [-0.4, -0.2) is 95.9 Å². The number of hydrogen-bond acceptors (Lipinski definition) is 7. The molecule has 0 unspecified atom stereocenters. The van der Waals surface area contributed by atoms with Crippen LogP contribution in [0.1, 0.15) is 41.5 Å². The van der Waals surface area contributed by atoms with E-state index in [2.05, 4.69) is 67.7 Å². The summed E-state index contributed by atoms with van der Waals surface area (Å²) in [6.07, 6.45) is 0. The van der Waals surface area contributed by atoms with Gasteiger partial charge in [0.05, 0.1) is 79.3 Å². The SMILES string of the molecule is CC(C)(C)[Si](C)(C)OCCOCCOCCOCCOCCOCCO[Si](C)(C)C(C)(C)C. The van der Waals surface area contributed by atoms with Crippen molar-refractivity contribution in [2.45, 2.75) is 77.8 Å². The fourth-order valence-electron chi connectivity index (χ4n) is 2.13. The van der Waals surface area contributed by atoms with Crippen LogP contribution in [0, 0.1) is 0 Å². The van der Waals surface area contributed by atoms with E-state index in [9.17, 15) is 0 Å². The van der Waals surface area contributed by atoms with Gasteiger partial charge in [-0.1, -0.05) is 41.5 Å². The molecule has 0 aliphatic rings. The Morgan fingerprint density at radius 2 is 0.545 bits per heavy atom. The molecule has 0 saturated carbocycles. The third-order valence-electron chi connectivity index (χ3n) is 6.48. The minimum atomic E-state index is -1.68. The quantitative estimate of drug-likeness (QED) is 0.166. The van der Waals surface area contributed by atoms with Crippen LogP contribution in [0.15, 0.2) is 0 Å². The standard InChI is InChI=1S/C24H54O7Si2/c1-23(2,3)32(7,8)30-21-19-28-17-15-26-13-11-25-12-14-27-16-18-29-20-22-31-33(9,10)24(4,5)6/h11-22H2,1-10H3. The zero-order valence-corrected chi connectivity index (χ0v) is 25.3. The lowest BCUT2D eigenvalue weighted by atomic mass is 10.2. The van der Waals surface area contributed by atoms with Crippen LogP contribution in [0.5, 0.6) is 0 Å². The smallest absolute Gasteiger partial charge is 0.192 e. The van der Waals surface area contributed by atoms with Crippen LogP contribution in [0.25, 0.3) is 0 Å². The summed E-state index contributed by atoms with van der Waals surface area (Å²) in [5.41, 5.74) is 0. The molecule has 0 aromatic rings. The van der Waals surface area contributed by atoms with Crippen molar-refractivity contribution in [2.75, 3.05) is 79.3 Å². The molecule has 9 heteroatoms. The van der Waals surface area contributed by atoms with Gasteiger partial charge in [-0.05, 0) is 36.3 Å². The average Bonchev–Trinajstić information content (AvgIpc) is 2.67. The molecule has 0 N–H and O–H groups in total. The minimum absolute atomic E-state index is 0.231. The predicted molar refractivity (Wildman–Crippen MR) is 140 cm³/mol. The van der Waals surface area contributed by atoms with Crippen LogP contribution < -0.4 is 0 Å². The van der Waals surface area contributed by atoms with E-state index in [1.807, 2.05) is 0 Å². The number of rotatable bonds is 20. The third kappa shape index (κ3) is 16.5. The first-order valence-electron chi connectivity index (χ1n) is 12.4. The summed E-state index contributed by atoms with van der Waals surface area (Å²) in [6.45, 7) is 29.5. The Morgan fingerprint density at radius 1 is 0.364 bits per heavy atom. The van der Waals surface area contributed by atoms with E-state index < -0.39 is 16.6 Å². The van der Waals surface area contributed by atoms with Gasteiger partial charge in [0.1, 0.15) is 0 Å². The molecule has 0 spiro atoms. The Labute approximate surface area is 206 Å². The molecule has 0 fully saturated rings. The summed E-state index contributed by atoms with van der Waals surface area (Å²) in [4.78, 5) is 0. The predicted octanol–water partition coefficient (Wildman–Crippen LogP) is 5.11. The molecule has 0 saturated heterocycles. The molecule has 0 amide bonds. The lowest BCUT2D eigenvalue weighted by Gasteiger charge is -2.36. The summed E-state index contributed by atoms with van der Waals surface area (Å²) in [5, 5.41) is 0.462. The first-order valence-corrected chi connectivity index (χ1v) is 18.2. The van der Waals surface area contributed by atoms with Crippen molar-refractivity contribution in [3.05, 3.63) is 0 Å². The Bertz CT molecular complexity index is 432. The number of hydrogen-bond donors (Lipinski definition) is 0. The van der Waals surface area contributed by atoms with Crippen LogP contribution in [0.4, 0.5) is 0 Å². The van der Waals surface area contributed by atoms with Gasteiger partial charge in [0.25, 0.3) is 0 Å². The third-order valence-corrected chi connectivity index (χ3v) is 15.6. The normalized spacial score (nSPS) is 13.6. The van der Waals surface area contributed by atoms with Crippen molar-refractivity contribution in [3.63, 3.8) is 0 Å². The molecule has 33 heavy (non-hydrogen) atoms. The monoisotopic (exact) mass is 510 g/mol. The summed E-state index contributed by atoms with van der Waals surface area (Å²) in [5.74, 6) is 0. The number of ether oxygens (including phenoxy) is 5. The molecular formula is C24H54O7Si2. The van der Waals surface area contributed by atoms with E-state index in [0.717, 1.165) is 0 Å². The largest absolute Gasteiger partial charge is 0.414 e. The van der Waals surface area contributed by atoms with Crippen molar-refractivity contribution in [2.24, 2.45) is 0 Å².